The molecule has 1 saturated heterocycles. The molecule has 1 aromatic heterocycles. The summed E-state index contributed by atoms with van der Waals surface area (Å²) in [5, 5.41) is 7.86. The summed E-state index contributed by atoms with van der Waals surface area (Å²) in [5.74, 6) is 1.06. The number of rotatable bonds is 4. The van der Waals surface area contributed by atoms with E-state index >= 15 is 0 Å². The predicted molar refractivity (Wildman–Crippen MR) is 101 cm³/mol. The van der Waals surface area contributed by atoms with Gasteiger partial charge in [0, 0.05) is 32.0 Å². The van der Waals surface area contributed by atoms with Crippen LogP contribution in [0.2, 0.25) is 0 Å². The molecule has 1 N–H and O–H groups in total. The third-order valence-electron chi connectivity index (χ3n) is 5.63. The molecular weight excluding hydrogens is 310 g/mol. The fourth-order valence-electron chi connectivity index (χ4n) is 4.07. The lowest BCUT2D eigenvalue weighted by Gasteiger charge is -2.38. The Balaban J connectivity index is 1.53. The number of likely N-dealkylation sites (tertiary alicyclic amines) is 1. The molecule has 1 saturated carbocycles. The van der Waals surface area contributed by atoms with Crippen LogP contribution in [0, 0.1) is 5.41 Å². The van der Waals surface area contributed by atoms with Crippen LogP contribution in [-0.4, -0.2) is 40.3 Å². The van der Waals surface area contributed by atoms with Crippen molar-refractivity contribution in [3.05, 3.63) is 48.3 Å². The third-order valence-corrected chi connectivity index (χ3v) is 5.63. The lowest BCUT2D eigenvalue weighted by Crippen LogP contribution is -2.42. The summed E-state index contributed by atoms with van der Waals surface area (Å²) in [6, 6.07) is 10.3. The normalized spacial score (nSPS) is 19.2. The molecule has 2 aliphatic rings. The number of guanidine groups is 1. The average molecular weight is 337 g/mol. The van der Waals surface area contributed by atoms with E-state index in [1.807, 2.05) is 23.1 Å². The second kappa shape index (κ2) is 6.90. The van der Waals surface area contributed by atoms with Gasteiger partial charge < -0.3 is 10.2 Å². The van der Waals surface area contributed by atoms with Crippen LogP contribution in [-0.2, 0) is 6.54 Å². The molecule has 1 aliphatic heterocycles. The summed E-state index contributed by atoms with van der Waals surface area (Å²) in [7, 11) is 0. The van der Waals surface area contributed by atoms with Gasteiger partial charge in [-0.25, -0.2) is 9.67 Å². The van der Waals surface area contributed by atoms with Gasteiger partial charge in [0.25, 0.3) is 0 Å². The lowest BCUT2D eigenvalue weighted by atomic mass is 9.68. The van der Waals surface area contributed by atoms with E-state index in [1.54, 1.807) is 0 Å². The number of aromatic nitrogens is 2. The first kappa shape index (κ1) is 16.2. The maximum atomic E-state index is 4.95. The fourth-order valence-corrected chi connectivity index (χ4v) is 4.07. The van der Waals surface area contributed by atoms with E-state index in [1.165, 1.54) is 37.8 Å². The molecule has 5 nitrogen and oxygen atoms in total. The van der Waals surface area contributed by atoms with Crippen LogP contribution in [0.5, 0.6) is 0 Å². The molecular formula is C20H27N5. The van der Waals surface area contributed by atoms with Crippen molar-refractivity contribution in [2.75, 3.05) is 19.6 Å². The van der Waals surface area contributed by atoms with Crippen molar-refractivity contribution in [2.24, 2.45) is 10.4 Å². The maximum Gasteiger partial charge on any atom is 0.194 e. The quantitative estimate of drug-likeness (QED) is 0.688. The van der Waals surface area contributed by atoms with Crippen molar-refractivity contribution < 1.29 is 0 Å². The Hall–Kier alpha value is -2.30. The molecule has 0 bridgehead atoms. The molecule has 25 heavy (non-hydrogen) atoms. The van der Waals surface area contributed by atoms with Crippen LogP contribution < -0.4 is 5.32 Å². The van der Waals surface area contributed by atoms with E-state index in [2.05, 4.69) is 46.5 Å². The Labute approximate surface area is 149 Å². The predicted octanol–water partition coefficient (Wildman–Crippen LogP) is 3.21. The Morgan fingerprint density at radius 2 is 2.12 bits per heavy atom. The smallest absolute Gasteiger partial charge is 0.194 e. The zero-order valence-corrected chi connectivity index (χ0v) is 15.0. The van der Waals surface area contributed by atoms with Crippen LogP contribution in [0.3, 0.4) is 0 Å². The van der Waals surface area contributed by atoms with Gasteiger partial charge in [0.05, 0.1) is 12.2 Å². The number of nitrogens with zero attached hydrogens (tertiary/aromatic N) is 4. The zero-order chi connectivity index (χ0) is 17.1. The summed E-state index contributed by atoms with van der Waals surface area (Å²) in [5.41, 5.74) is 2.88. The Morgan fingerprint density at radius 1 is 1.24 bits per heavy atom. The van der Waals surface area contributed by atoms with Gasteiger partial charge in [0.2, 0.25) is 0 Å². The van der Waals surface area contributed by atoms with E-state index in [4.69, 9.17) is 4.99 Å². The SMILES string of the molecule is CCNC(=NCc1ccccc1-n1cccn1)N1CCC2(CCC2)C1. The van der Waals surface area contributed by atoms with Crippen molar-refractivity contribution in [1.82, 2.24) is 20.0 Å². The van der Waals surface area contributed by atoms with E-state index in [0.717, 1.165) is 24.7 Å². The van der Waals surface area contributed by atoms with Crippen LogP contribution in [0.25, 0.3) is 5.69 Å². The molecule has 1 aromatic carbocycles. The summed E-state index contributed by atoms with van der Waals surface area (Å²) in [4.78, 5) is 7.41. The minimum atomic E-state index is 0.586. The van der Waals surface area contributed by atoms with Crippen molar-refractivity contribution in [3.8, 4) is 5.69 Å². The summed E-state index contributed by atoms with van der Waals surface area (Å²) >= 11 is 0. The largest absolute Gasteiger partial charge is 0.357 e. The van der Waals surface area contributed by atoms with Crippen molar-refractivity contribution in [2.45, 2.75) is 39.2 Å². The molecule has 5 heteroatoms. The first-order valence-corrected chi connectivity index (χ1v) is 9.41. The van der Waals surface area contributed by atoms with Crippen molar-refractivity contribution in [3.63, 3.8) is 0 Å². The summed E-state index contributed by atoms with van der Waals surface area (Å²) in [6.45, 7) is 6.01. The minimum Gasteiger partial charge on any atom is -0.357 e. The van der Waals surface area contributed by atoms with Crippen LogP contribution in [0.4, 0.5) is 0 Å². The highest BCUT2D eigenvalue weighted by molar-refractivity contribution is 5.80. The molecule has 1 spiro atoms. The van der Waals surface area contributed by atoms with Gasteiger partial charge in [-0.2, -0.15) is 5.10 Å². The fraction of sp³-hybridized carbons (Fsp3) is 0.500. The van der Waals surface area contributed by atoms with Gasteiger partial charge in [-0.3, -0.25) is 0 Å². The topological polar surface area (TPSA) is 45.5 Å². The Kier molecular flexibility index (Phi) is 4.47. The van der Waals surface area contributed by atoms with E-state index in [-0.39, 0.29) is 0 Å². The van der Waals surface area contributed by atoms with Gasteiger partial charge in [0.15, 0.2) is 5.96 Å². The first-order chi connectivity index (χ1) is 12.3. The number of hydrogen-bond donors (Lipinski definition) is 1. The molecule has 4 rings (SSSR count). The molecule has 2 aromatic rings. The lowest BCUT2D eigenvalue weighted by molar-refractivity contribution is 0.151. The summed E-state index contributed by atoms with van der Waals surface area (Å²) < 4.78 is 1.91. The number of aliphatic imine (C=N–C) groups is 1. The molecule has 0 unspecified atom stereocenters. The molecule has 0 atom stereocenters. The van der Waals surface area contributed by atoms with E-state index in [9.17, 15) is 0 Å². The Bertz CT molecular complexity index is 730. The standard InChI is InChI=1S/C20H27N5/c1-2-21-19(24-14-11-20(16-24)9-5-10-20)22-15-17-7-3-4-8-18(17)25-13-6-12-23-25/h3-4,6-8,12-13H,2,5,9-11,14-16H2,1H3,(H,21,22). The molecule has 132 valence electrons. The van der Waals surface area contributed by atoms with Gasteiger partial charge in [0.1, 0.15) is 0 Å². The molecule has 2 heterocycles. The van der Waals surface area contributed by atoms with Gasteiger partial charge >= 0.3 is 0 Å². The molecule has 2 fully saturated rings. The number of hydrogen-bond acceptors (Lipinski definition) is 2. The van der Waals surface area contributed by atoms with E-state index in [0.29, 0.717) is 12.0 Å². The van der Waals surface area contributed by atoms with Crippen molar-refractivity contribution in [1.29, 1.82) is 0 Å². The molecule has 1 aliphatic carbocycles. The second-order valence-electron chi connectivity index (χ2n) is 7.27. The van der Waals surface area contributed by atoms with Gasteiger partial charge in [-0.05, 0) is 49.3 Å². The number of benzene rings is 1. The highest BCUT2D eigenvalue weighted by atomic mass is 15.3. The van der Waals surface area contributed by atoms with Crippen LogP contribution in [0.1, 0.15) is 38.2 Å². The highest BCUT2D eigenvalue weighted by Gasteiger charge is 2.43. The summed E-state index contributed by atoms with van der Waals surface area (Å²) in [6.07, 6.45) is 9.30. The number of nitrogens with one attached hydrogen (secondary N) is 1. The zero-order valence-electron chi connectivity index (χ0n) is 15.0. The minimum absolute atomic E-state index is 0.586. The van der Waals surface area contributed by atoms with Crippen molar-refractivity contribution >= 4 is 5.96 Å². The van der Waals surface area contributed by atoms with Crippen LogP contribution >= 0.6 is 0 Å². The highest BCUT2D eigenvalue weighted by Crippen LogP contribution is 2.47. The molecule has 0 amide bonds. The second-order valence-corrected chi connectivity index (χ2v) is 7.27. The molecule has 0 radical (unpaired) electrons. The number of para-hydroxylation sites is 1. The average Bonchev–Trinajstić information content (AvgIpc) is 3.28. The Morgan fingerprint density at radius 3 is 2.80 bits per heavy atom. The third kappa shape index (κ3) is 3.28. The first-order valence-electron chi connectivity index (χ1n) is 9.41. The van der Waals surface area contributed by atoms with E-state index < -0.39 is 0 Å². The van der Waals surface area contributed by atoms with Gasteiger partial charge in [-0.15, -0.1) is 0 Å². The van der Waals surface area contributed by atoms with Gasteiger partial charge in [-0.1, -0.05) is 24.6 Å². The maximum absolute atomic E-state index is 4.95. The monoisotopic (exact) mass is 337 g/mol. The van der Waals surface area contributed by atoms with Crippen LogP contribution in [0.15, 0.2) is 47.7 Å².